The van der Waals surface area contributed by atoms with Crippen molar-refractivity contribution >= 4 is 11.9 Å². The number of esters is 1. The molecule has 1 amide bonds. The van der Waals surface area contributed by atoms with Crippen molar-refractivity contribution in [1.29, 1.82) is 0 Å². The maximum Gasteiger partial charge on any atom is 0.311 e. The summed E-state index contributed by atoms with van der Waals surface area (Å²) >= 11 is 0. The van der Waals surface area contributed by atoms with Crippen molar-refractivity contribution in [2.24, 2.45) is 5.92 Å². The lowest BCUT2D eigenvalue weighted by molar-refractivity contribution is -0.134. The molecule has 0 bridgehead atoms. The second kappa shape index (κ2) is 8.27. The predicted molar refractivity (Wildman–Crippen MR) is 111 cm³/mol. The van der Waals surface area contributed by atoms with Crippen molar-refractivity contribution in [3.8, 4) is 22.6 Å². The molecule has 5 heteroatoms. The van der Waals surface area contributed by atoms with Gasteiger partial charge in [0.25, 0.3) is 5.91 Å². The average molecular weight is 393 g/mol. The Balaban J connectivity index is 1.62. The number of methoxy groups -OCH3 is 1. The first kappa shape index (κ1) is 19.5. The average Bonchev–Trinajstić information content (AvgIpc) is 3.36. The maximum absolute atomic E-state index is 12.6. The van der Waals surface area contributed by atoms with Crippen LogP contribution in [-0.2, 0) is 11.3 Å². The van der Waals surface area contributed by atoms with E-state index in [-0.39, 0.29) is 11.9 Å². The maximum atomic E-state index is 12.6. The van der Waals surface area contributed by atoms with E-state index in [1.54, 1.807) is 7.11 Å². The smallest absolute Gasteiger partial charge is 0.311 e. The Bertz CT molecular complexity index is 944. The number of carbonyl (C=O) groups excluding carboxylic acids is 2. The third-order valence-electron chi connectivity index (χ3n) is 6.06. The third-order valence-corrected chi connectivity index (χ3v) is 6.06. The number of nitrogens with one attached hydrogen (secondary N) is 1. The van der Waals surface area contributed by atoms with Gasteiger partial charge in [-0.15, -0.1) is 0 Å². The molecule has 0 aromatic heterocycles. The highest BCUT2D eigenvalue weighted by atomic mass is 16.6. The Labute approximate surface area is 171 Å². The summed E-state index contributed by atoms with van der Waals surface area (Å²) < 4.78 is 11.4. The van der Waals surface area contributed by atoms with Crippen molar-refractivity contribution in [2.45, 2.75) is 52.0 Å². The summed E-state index contributed by atoms with van der Waals surface area (Å²) in [4.78, 5) is 24.5. The first-order valence-corrected chi connectivity index (χ1v) is 10.4. The molecule has 1 aliphatic carbocycles. The van der Waals surface area contributed by atoms with Gasteiger partial charge in [0.1, 0.15) is 0 Å². The summed E-state index contributed by atoms with van der Waals surface area (Å²) in [7, 11) is 1.59. The summed E-state index contributed by atoms with van der Waals surface area (Å²) in [5.41, 5.74) is 4.25. The monoisotopic (exact) mass is 393 g/mol. The highest BCUT2D eigenvalue weighted by Crippen LogP contribution is 2.41. The molecule has 2 aromatic rings. The van der Waals surface area contributed by atoms with Crippen molar-refractivity contribution in [3.05, 3.63) is 47.0 Å². The first-order chi connectivity index (χ1) is 14.1. The van der Waals surface area contributed by atoms with Crippen molar-refractivity contribution in [1.82, 2.24) is 5.32 Å². The van der Waals surface area contributed by atoms with Crippen LogP contribution in [0.3, 0.4) is 0 Å². The van der Waals surface area contributed by atoms with Crippen molar-refractivity contribution < 1.29 is 19.1 Å². The second-order valence-electron chi connectivity index (χ2n) is 8.01. The van der Waals surface area contributed by atoms with Gasteiger partial charge in [0.15, 0.2) is 11.5 Å². The van der Waals surface area contributed by atoms with Crippen molar-refractivity contribution in [3.63, 3.8) is 0 Å². The summed E-state index contributed by atoms with van der Waals surface area (Å²) in [5, 5.41) is 2.84. The molecule has 4 rings (SSSR count). The number of rotatable bonds is 6. The highest BCUT2D eigenvalue weighted by Gasteiger charge is 2.23. The van der Waals surface area contributed by atoms with Gasteiger partial charge < -0.3 is 14.8 Å². The lowest BCUT2D eigenvalue weighted by Gasteiger charge is -2.17. The molecular weight excluding hydrogens is 366 g/mol. The van der Waals surface area contributed by atoms with Crippen molar-refractivity contribution in [2.75, 3.05) is 7.11 Å². The molecule has 1 aliphatic heterocycles. The van der Waals surface area contributed by atoms with Crippen LogP contribution in [0, 0.1) is 12.8 Å². The lowest BCUT2D eigenvalue weighted by Crippen LogP contribution is -2.12. The summed E-state index contributed by atoms with van der Waals surface area (Å²) in [5.74, 6) is 1.40. The van der Waals surface area contributed by atoms with E-state index in [0.29, 0.717) is 35.9 Å². The Kier molecular flexibility index (Phi) is 5.56. The number of carbonyl (C=O) groups is 2. The molecule has 0 unspecified atom stereocenters. The minimum Gasteiger partial charge on any atom is -0.493 e. The predicted octanol–water partition coefficient (Wildman–Crippen LogP) is 4.79. The zero-order valence-electron chi connectivity index (χ0n) is 17.0. The fraction of sp³-hybridized carbons (Fsp3) is 0.417. The Hall–Kier alpha value is -2.82. The summed E-state index contributed by atoms with van der Waals surface area (Å²) in [6.45, 7) is 2.45. The van der Waals surface area contributed by atoms with E-state index < -0.39 is 0 Å². The van der Waals surface area contributed by atoms with E-state index in [1.165, 1.54) is 25.7 Å². The number of hydrogen-bond donors (Lipinski definition) is 1. The number of aryl methyl sites for hydroxylation is 1. The van der Waals surface area contributed by atoms with Crippen LogP contribution >= 0.6 is 0 Å². The molecule has 5 nitrogen and oxygen atoms in total. The SMILES string of the molecule is COc1c(C)ccc(-c2ccc3c(c2)CNC3=O)c1OC(=O)CCC1CCCC1. The first-order valence-electron chi connectivity index (χ1n) is 10.4. The van der Waals surface area contributed by atoms with Crippen LogP contribution in [0.2, 0.25) is 0 Å². The second-order valence-corrected chi connectivity index (χ2v) is 8.01. The fourth-order valence-corrected chi connectivity index (χ4v) is 4.43. The van der Waals surface area contributed by atoms with E-state index in [1.807, 2.05) is 37.3 Å². The molecule has 0 atom stereocenters. The lowest BCUT2D eigenvalue weighted by atomic mass is 9.98. The Morgan fingerprint density at radius 1 is 1.10 bits per heavy atom. The minimum atomic E-state index is -0.222. The van der Waals surface area contributed by atoms with E-state index in [2.05, 4.69) is 5.32 Å². The number of benzene rings is 2. The quantitative estimate of drug-likeness (QED) is 0.566. The minimum absolute atomic E-state index is 0.0494. The normalized spacial score (nSPS) is 15.9. The number of hydrogen-bond acceptors (Lipinski definition) is 4. The molecule has 2 aliphatic rings. The molecule has 29 heavy (non-hydrogen) atoms. The van der Waals surface area contributed by atoms with E-state index >= 15 is 0 Å². The van der Waals surface area contributed by atoms with Gasteiger partial charge in [0.2, 0.25) is 0 Å². The molecule has 0 spiro atoms. The van der Waals surface area contributed by atoms with Crippen LogP contribution in [0.4, 0.5) is 0 Å². The topological polar surface area (TPSA) is 64.6 Å². The zero-order chi connectivity index (χ0) is 20.4. The zero-order valence-corrected chi connectivity index (χ0v) is 17.0. The Morgan fingerprint density at radius 3 is 2.62 bits per heavy atom. The van der Waals surface area contributed by atoms with Gasteiger partial charge in [0, 0.05) is 24.1 Å². The summed E-state index contributed by atoms with van der Waals surface area (Å²) in [6.07, 6.45) is 6.28. The molecule has 1 saturated carbocycles. The van der Waals surface area contributed by atoms with E-state index in [0.717, 1.165) is 28.7 Å². The van der Waals surface area contributed by atoms with E-state index in [4.69, 9.17) is 9.47 Å². The molecule has 0 radical (unpaired) electrons. The highest BCUT2D eigenvalue weighted by molar-refractivity contribution is 5.99. The van der Waals surface area contributed by atoms with Gasteiger partial charge >= 0.3 is 5.97 Å². The standard InChI is InChI=1S/C24H27NO4/c1-15-7-10-19(17-9-11-20-18(13-17)14-25-24(20)27)23(22(15)28-2)29-21(26)12-8-16-5-3-4-6-16/h7,9-11,13,16H,3-6,8,12,14H2,1-2H3,(H,25,27). The molecule has 2 aromatic carbocycles. The van der Waals surface area contributed by atoms with Gasteiger partial charge in [-0.25, -0.2) is 0 Å². The van der Waals surface area contributed by atoms with Gasteiger partial charge in [0.05, 0.1) is 7.11 Å². The number of amides is 1. The summed E-state index contributed by atoms with van der Waals surface area (Å²) in [6, 6.07) is 9.60. The van der Waals surface area contributed by atoms with Gasteiger partial charge in [-0.2, -0.15) is 0 Å². The molecule has 1 N–H and O–H groups in total. The fourth-order valence-electron chi connectivity index (χ4n) is 4.43. The van der Waals surface area contributed by atoms with Crippen LogP contribution in [0.15, 0.2) is 30.3 Å². The van der Waals surface area contributed by atoms with Crippen LogP contribution in [0.1, 0.15) is 60.0 Å². The number of ether oxygens (including phenoxy) is 2. The van der Waals surface area contributed by atoms with Gasteiger partial charge in [-0.3, -0.25) is 9.59 Å². The number of fused-ring (bicyclic) bond motifs is 1. The molecule has 0 saturated heterocycles. The van der Waals surface area contributed by atoms with Gasteiger partial charge in [-0.1, -0.05) is 43.9 Å². The van der Waals surface area contributed by atoms with Crippen LogP contribution in [-0.4, -0.2) is 19.0 Å². The van der Waals surface area contributed by atoms with Crippen LogP contribution in [0.5, 0.6) is 11.5 Å². The van der Waals surface area contributed by atoms with E-state index in [9.17, 15) is 9.59 Å². The molecule has 1 heterocycles. The van der Waals surface area contributed by atoms with Gasteiger partial charge in [-0.05, 0) is 48.1 Å². The Morgan fingerprint density at radius 2 is 1.86 bits per heavy atom. The molecule has 152 valence electrons. The molecular formula is C24H27NO4. The largest absolute Gasteiger partial charge is 0.493 e. The van der Waals surface area contributed by atoms with Crippen LogP contribution < -0.4 is 14.8 Å². The third kappa shape index (κ3) is 4.00. The van der Waals surface area contributed by atoms with Crippen LogP contribution in [0.25, 0.3) is 11.1 Å². The molecule has 1 fully saturated rings.